The molecule has 7 nitrogen and oxygen atoms in total. The van der Waals surface area contributed by atoms with Crippen molar-refractivity contribution in [2.45, 2.75) is 12.5 Å². The van der Waals surface area contributed by atoms with Crippen LogP contribution in [0.2, 0.25) is 0 Å². The van der Waals surface area contributed by atoms with E-state index in [9.17, 15) is 14.4 Å². The van der Waals surface area contributed by atoms with E-state index in [-0.39, 0.29) is 12.3 Å². The summed E-state index contributed by atoms with van der Waals surface area (Å²) in [5, 5.41) is 11.4. The molecule has 0 unspecified atom stereocenters. The third-order valence-electron chi connectivity index (χ3n) is 4.15. The molecule has 3 amide bonds. The predicted molar refractivity (Wildman–Crippen MR) is 87.3 cm³/mol. The van der Waals surface area contributed by atoms with E-state index in [2.05, 4.69) is 10.3 Å². The Morgan fingerprint density at radius 1 is 1.28 bits per heavy atom. The number of pyridine rings is 1. The number of amides is 3. The number of aromatic nitrogens is 1. The molecule has 3 rings (SSSR count). The maximum absolute atomic E-state index is 12.7. The van der Waals surface area contributed by atoms with Crippen molar-refractivity contribution in [2.24, 2.45) is 0 Å². The van der Waals surface area contributed by atoms with Crippen LogP contribution in [0.1, 0.15) is 28.4 Å². The van der Waals surface area contributed by atoms with Crippen LogP contribution in [0.15, 0.2) is 48.8 Å². The Labute approximate surface area is 143 Å². The quantitative estimate of drug-likeness (QED) is 0.676. The van der Waals surface area contributed by atoms with E-state index in [1.54, 1.807) is 25.3 Å². The van der Waals surface area contributed by atoms with Gasteiger partial charge >= 0.3 is 6.03 Å². The number of rotatable bonds is 4. The van der Waals surface area contributed by atoms with Gasteiger partial charge in [0.25, 0.3) is 5.91 Å². The van der Waals surface area contributed by atoms with E-state index in [4.69, 9.17) is 5.26 Å². The maximum atomic E-state index is 12.7. The number of nitrogens with one attached hydrogen (secondary N) is 1. The average Bonchev–Trinajstić information content (AvgIpc) is 2.86. The minimum atomic E-state index is -1.25. The van der Waals surface area contributed by atoms with Crippen LogP contribution in [0.3, 0.4) is 0 Å². The summed E-state index contributed by atoms with van der Waals surface area (Å²) < 4.78 is 0. The Balaban J connectivity index is 1.81. The molecule has 2 heterocycles. The molecular weight excluding hydrogens is 320 g/mol. The number of benzene rings is 1. The molecule has 1 saturated heterocycles. The van der Waals surface area contributed by atoms with E-state index in [0.717, 1.165) is 4.90 Å². The van der Waals surface area contributed by atoms with Gasteiger partial charge in [-0.15, -0.1) is 0 Å². The van der Waals surface area contributed by atoms with E-state index in [1.165, 1.54) is 30.5 Å². The lowest BCUT2D eigenvalue weighted by Gasteiger charge is -2.21. The van der Waals surface area contributed by atoms with Gasteiger partial charge in [0, 0.05) is 23.5 Å². The smallest absolute Gasteiger partial charge is 0.319 e. The summed E-state index contributed by atoms with van der Waals surface area (Å²) in [7, 11) is 0. The molecule has 0 saturated carbocycles. The number of hydrogen-bond acceptors (Lipinski definition) is 5. The second-order valence-corrected chi connectivity index (χ2v) is 5.80. The topological polar surface area (TPSA) is 103 Å². The second-order valence-electron chi connectivity index (χ2n) is 5.80. The van der Waals surface area contributed by atoms with Crippen LogP contribution in [-0.2, 0) is 10.3 Å². The highest BCUT2D eigenvalue weighted by Gasteiger charge is 2.49. The largest absolute Gasteiger partial charge is 0.325 e. The number of carbonyl (C=O) groups excluding carboxylic acids is 3. The van der Waals surface area contributed by atoms with E-state index < -0.39 is 17.5 Å². The molecule has 1 atom stereocenters. The van der Waals surface area contributed by atoms with Gasteiger partial charge in [0.2, 0.25) is 0 Å². The van der Waals surface area contributed by atoms with E-state index in [1.807, 2.05) is 6.07 Å². The Morgan fingerprint density at radius 2 is 2.00 bits per heavy atom. The van der Waals surface area contributed by atoms with Crippen LogP contribution in [0, 0.1) is 11.3 Å². The summed E-state index contributed by atoms with van der Waals surface area (Å²) in [5.74, 6) is -0.893. The summed E-state index contributed by atoms with van der Waals surface area (Å²) in [4.78, 5) is 42.2. The lowest BCUT2D eigenvalue weighted by atomic mass is 9.93. The zero-order valence-electron chi connectivity index (χ0n) is 13.4. The van der Waals surface area contributed by atoms with Gasteiger partial charge in [0.1, 0.15) is 5.54 Å². The van der Waals surface area contributed by atoms with Crippen LogP contribution < -0.4 is 5.32 Å². The molecule has 1 aliphatic heterocycles. The molecule has 124 valence electrons. The molecule has 0 radical (unpaired) electrons. The highest BCUT2D eigenvalue weighted by Crippen LogP contribution is 2.28. The van der Waals surface area contributed by atoms with Crippen LogP contribution in [-0.4, -0.2) is 34.2 Å². The Hall–Kier alpha value is -3.53. The first-order valence-electron chi connectivity index (χ1n) is 7.53. The van der Waals surface area contributed by atoms with Crippen molar-refractivity contribution in [2.75, 3.05) is 6.54 Å². The SMILES string of the molecule is C[C@@]1(c2cccnc2)NC(=O)N(CC(=O)c2ccc(C#N)cc2)C1=O. The normalized spacial score (nSPS) is 19.4. The molecule has 1 N–H and O–H groups in total. The van der Waals surface area contributed by atoms with Crippen molar-refractivity contribution in [1.29, 1.82) is 5.26 Å². The van der Waals surface area contributed by atoms with Crippen LogP contribution in [0.4, 0.5) is 4.79 Å². The van der Waals surface area contributed by atoms with Gasteiger partial charge in [-0.3, -0.25) is 19.5 Å². The number of nitriles is 1. The van der Waals surface area contributed by atoms with Gasteiger partial charge in [-0.2, -0.15) is 5.26 Å². The second kappa shape index (κ2) is 6.17. The van der Waals surface area contributed by atoms with E-state index >= 15 is 0 Å². The summed E-state index contributed by atoms with van der Waals surface area (Å²) in [6.45, 7) is 1.21. The first-order valence-corrected chi connectivity index (χ1v) is 7.53. The Bertz CT molecular complexity index is 887. The molecule has 7 heteroatoms. The molecule has 1 fully saturated rings. The summed E-state index contributed by atoms with van der Waals surface area (Å²) >= 11 is 0. The van der Waals surface area contributed by atoms with Gasteiger partial charge in [-0.25, -0.2) is 4.79 Å². The fraction of sp³-hybridized carbons (Fsp3) is 0.167. The summed E-state index contributed by atoms with van der Waals surface area (Å²) in [6.07, 6.45) is 3.07. The molecule has 1 aromatic carbocycles. The first-order chi connectivity index (χ1) is 12.0. The molecule has 0 bridgehead atoms. The maximum Gasteiger partial charge on any atom is 0.325 e. The molecule has 25 heavy (non-hydrogen) atoms. The zero-order chi connectivity index (χ0) is 18.0. The number of carbonyl (C=O) groups is 3. The van der Waals surface area contributed by atoms with Crippen LogP contribution in [0.5, 0.6) is 0 Å². The van der Waals surface area contributed by atoms with Crippen LogP contribution >= 0.6 is 0 Å². The van der Waals surface area contributed by atoms with Gasteiger partial charge < -0.3 is 5.32 Å². The minimum absolute atomic E-state index is 0.328. The minimum Gasteiger partial charge on any atom is -0.319 e. The molecule has 2 aromatic rings. The highest BCUT2D eigenvalue weighted by atomic mass is 16.2. The van der Waals surface area contributed by atoms with E-state index in [0.29, 0.717) is 16.7 Å². The van der Waals surface area contributed by atoms with Gasteiger partial charge in [0.05, 0.1) is 18.2 Å². The number of Topliss-reactive ketones (excluding diaryl/α,β-unsaturated/α-hetero) is 1. The fourth-order valence-corrected chi connectivity index (χ4v) is 2.66. The lowest BCUT2D eigenvalue weighted by Crippen LogP contribution is -2.41. The van der Waals surface area contributed by atoms with Gasteiger partial charge in [-0.05, 0) is 25.1 Å². The zero-order valence-corrected chi connectivity index (χ0v) is 13.4. The molecule has 0 spiro atoms. The highest BCUT2D eigenvalue weighted by molar-refractivity contribution is 6.11. The van der Waals surface area contributed by atoms with Crippen molar-refractivity contribution in [3.8, 4) is 6.07 Å². The average molecular weight is 334 g/mol. The van der Waals surface area contributed by atoms with Crippen molar-refractivity contribution >= 4 is 17.7 Å². The standard InChI is InChI=1S/C18H14N4O3/c1-18(14-3-2-8-20-10-14)16(24)22(17(25)21-18)11-15(23)13-6-4-12(9-19)5-7-13/h2-8,10H,11H2,1H3,(H,21,25)/t18-/m0/s1. The number of nitrogens with zero attached hydrogens (tertiary/aromatic N) is 3. The van der Waals surface area contributed by atoms with Gasteiger partial charge in [0.15, 0.2) is 5.78 Å². The lowest BCUT2D eigenvalue weighted by molar-refractivity contribution is -0.130. The summed E-state index contributed by atoms with van der Waals surface area (Å²) in [6, 6.07) is 10.7. The third-order valence-corrected chi connectivity index (χ3v) is 4.15. The summed E-state index contributed by atoms with van der Waals surface area (Å²) in [5.41, 5.74) is 0.0444. The molecule has 1 aliphatic rings. The van der Waals surface area contributed by atoms with Crippen molar-refractivity contribution in [3.05, 3.63) is 65.5 Å². The number of hydrogen-bond donors (Lipinski definition) is 1. The first kappa shape index (κ1) is 16.3. The fourth-order valence-electron chi connectivity index (χ4n) is 2.66. The third kappa shape index (κ3) is 2.85. The molecule has 0 aliphatic carbocycles. The monoisotopic (exact) mass is 334 g/mol. The van der Waals surface area contributed by atoms with Crippen molar-refractivity contribution in [1.82, 2.24) is 15.2 Å². The number of urea groups is 1. The number of imide groups is 1. The van der Waals surface area contributed by atoms with Crippen molar-refractivity contribution < 1.29 is 14.4 Å². The van der Waals surface area contributed by atoms with Crippen molar-refractivity contribution in [3.63, 3.8) is 0 Å². The Morgan fingerprint density at radius 3 is 2.60 bits per heavy atom. The predicted octanol–water partition coefficient (Wildman–Crippen LogP) is 1.60. The van der Waals surface area contributed by atoms with Crippen LogP contribution in [0.25, 0.3) is 0 Å². The molecule has 1 aromatic heterocycles. The molecular formula is C18H14N4O3. The Kier molecular flexibility index (Phi) is 4.03. The van der Waals surface area contributed by atoms with Gasteiger partial charge in [-0.1, -0.05) is 18.2 Å². The number of ketones is 1.